The number of hydrogen-bond acceptors (Lipinski definition) is 7. The van der Waals surface area contributed by atoms with Crippen LogP contribution in [0.1, 0.15) is 40.9 Å². The highest BCUT2D eigenvalue weighted by atomic mass is 32.2. The largest absolute Gasteiger partial charge is 0.497 e. The van der Waals surface area contributed by atoms with Crippen LogP contribution in [0.25, 0.3) is 0 Å². The minimum absolute atomic E-state index is 0.0813. The van der Waals surface area contributed by atoms with Crippen LogP contribution in [0.2, 0.25) is 0 Å². The van der Waals surface area contributed by atoms with Crippen LogP contribution in [0.5, 0.6) is 5.75 Å². The fourth-order valence-electron chi connectivity index (χ4n) is 2.86. The summed E-state index contributed by atoms with van der Waals surface area (Å²) >= 11 is 0. The molecule has 30 heavy (non-hydrogen) atoms. The smallest absolute Gasteiger partial charge is 0.337 e. The summed E-state index contributed by atoms with van der Waals surface area (Å²) in [5.74, 6) is -0.681. The topological polar surface area (TPSA) is 108 Å². The molecule has 0 aliphatic heterocycles. The number of aryl methyl sites for hydroxylation is 1. The van der Waals surface area contributed by atoms with Crippen molar-refractivity contribution in [1.82, 2.24) is 4.72 Å². The average Bonchev–Trinajstić information content (AvgIpc) is 2.73. The van der Waals surface area contributed by atoms with E-state index in [-0.39, 0.29) is 23.5 Å². The molecule has 0 aliphatic rings. The molecular formula is C21H25NO7S. The Kier molecular flexibility index (Phi) is 7.96. The van der Waals surface area contributed by atoms with Gasteiger partial charge in [-0.1, -0.05) is 18.2 Å². The van der Waals surface area contributed by atoms with Crippen LogP contribution < -0.4 is 9.46 Å². The van der Waals surface area contributed by atoms with Crippen LogP contribution in [-0.4, -0.2) is 41.2 Å². The van der Waals surface area contributed by atoms with Gasteiger partial charge in [0, 0.05) is 0 Å². The summed E-state index contributed by atoms with van der Waals surface area (Å²) in [5, 5.41) is 0. The molecule has 2 aromatic carbocycles. The first kappa shape index (κ1) is 23.4. The third-order valence-electron chi connectivity index (χ3n) is 4.37. The van der Waals surface area contributed by atoms with Crippen LogP contribution in [0.4, 0.5) is 0 Å². The van der Waals surface area contributed by atoms with E-state index in [1.54, 1.807) is 38.1 Å². The first-order valence-electron chi connectivity index (χ1n) is 9.22. The quantitative estimate of drug-likeness (QED) is 0.603. The number of nitrogens with one attached hydrogen (secondary N) is 1. The third-order valence-corrected chi connectivity index (χ3v) is 5.98. The normalized spacial score (nSPS) is 12.1. The molecular weight excluding hydrogens is 410 g/mol. The Morgan fingerprint density at radius 1 is 1.10 bits per heavy atom. The van der Waals surface area contributed by atoms with E-state index in [0.717, 1.165) is 0 Å². The Morgan fingerprint density at radius 3 is 2.47 bits per heavy atom. The van der Waals surface area contributed by atoms with Gasteiger partial charge >= 0.3 is 11.9 Å². The fourth-order valence-corrected chi connectivity index (χ4v) is 4.35. The SMILES string of the molecule is CCOC(=O)CC(NS(=O)(=O)c1cc(C(=O)OC)ccc1C)c1cccc(OC)c1. The van der Waals surface area contributed by atoms with E-state index >= 15 is 0 Å². The number of methoxy groups -OCH3 is 2. The molecule has 0 heterocycles. The van der Waals surface area contributed by atoms with Gasteiger partial charge in [0.05, 0.1) is 43.7 Å². The van der Waals surface area contributed by atoms with Gasteiger partial charge in [0.2, 0.25) is 10.0 Å². The standard InChI is InChI=1S/C21H25NO7S/c1-5-29-20(23)13-18(15-7-6-8-17(11-15)27-3)22-30(25,26)19-12-16(21(24)28-4)10-9-14(19)2/h6-12,18,22H,5,13H2,1-4H3. The number of carbonyl (C=O) groups is 2. The lowest BCUT2D eigenvalue weighted by Crippen LogP contribution is -2.31. The van der Waals surface area contributed by atoms with Gasteiger partial charge in [-0.05, 0) is 49.2 Å². The van der Waals surface area contributed by atoms with Gasteiger partial charge in [-0.2, -0.15) is 0 Å². The second-order valence-electron chi connectivity index (χ2n) is 6.43. The lowest BCUT2D eigenvalue weighted by atomic mass is 10.0. The molecule has 2 aromatic rings. The summed E-state index contributed by atoms with van der Waals surface area (Å²) in [6.45, 7) is 3.46. The van der Waals surface area contributed by atoms with Gasteiger partial charge in [0.15, 0.2) is 0 Å². The number of sulfonamides is 1. The molecule has 1 unspecified atom stereocenters. The molecule has 1 atom stereocenters. The summed E-state index contributed by atoms with van der Waals surface area (Å²) in [6.07, 6.45) is -0.212. The van der Waals surface area contributed by atoms with Crippen molar-refractivity contribution in [3.05, 3.63) is 59.2 Å². The minimum Gasteiger partial charge on any atom is -0.497 e. The number of benzene rings is 2. The third kappa shape index (κ3) is 5.80. The Balaban J connectivity index is 2.45. The van der Waals surface area contributed by atoms with Gasteiger partial charge in [0.25, 0.3) is 0 Å². The number of esters is 2. The zero-order chi connectivity index (χ0) is 22.3. The van der Waals surface area contributed by atoms with Crippen molar-refractivity contribution in [3.63, 3.8) is 0 Å². The van der Waals surface area contributed by atoms with Crippen molar-refractivity contribution in [2.24, 2.45) is 0 Å². The van der Waals surface area contributed by atoms with Gasteiger partial charge < -0.3 is 14.2 Å². The monoisotopic (exact) mass is 435 g/mol. The number of rotatable bonds is 9. The van der Waals surface area contributed by atoms with E-state index in [9.17, 15) is 18.0 Å². The first-order valence-corrected chi connectivity index (χ1v) is 10.7. The van der Waals surface area contributed by atoms with Crippen molar-refractivity contribution in [3.8, 4) is 5.75 Å². The number of carbonyl (C=O) groups excluding carboxylic acids is 2. The van der Waals surface area contributed by atoms with Crippen molar-refractivity contribution < 1.29 is 32.2 Å². The Bertz CT molecular complexity index is 1020. The van der Waals surface area contributed by atoms with E-state index in [0.29, 0.717) is 16.9 Å². The predicted octanol–water partition coefficient (Wildman–Crippen LogP) is 2.76. The maximum absolute atomic E-state index is 13.1. The summed E-state index contributed by atoms with van der Waals surface area (Å²) in [4.78, 5) is 23.8. The molecule has 0 spiro atoms. The van der Waals surface area contributed by atoms with Crippen molar-refractivity contribution in [1.29, 1.82) is 0 Å². The summed E-state index contributed by atoms with van der Waals surface area (Å²) in [5.41, 5.74) is 1.08. The van der Waals surface area contributed by atoms with Crippen LogP contribution in [0, 0.1) is 6.92 Å². The van der Waals surface area contributed by atoms with Gasteiger partial charge in [0.1, 0.15) is 5.75 Å². The molecule has 0 fully saturated rings. The Hall–Kier alpha value is -2.91. The first-order chi connectivity index (χ1) is 14.2. The molecule has 0 bridgehead atoms. The zero-order valence-corrected chi connectivity index (χ0v) is 18.1. The van der Waals surface area contributed by atoms with Crippen molar-refractivity contribution in [2.75, 3.05) is 20.8 Å². The van der Waals surface area contributed by atoms with Crippen molar-refractivity contribution in [2.45, 2.75) is 31.2 Å². The summed E-state index contributed by atoms with van der Waals surface area (Å²) in [6, 6.07) is 10.1. The number of ether oxygens (including phenoxy) is 3. The zero-order valence-electron chi connectivity index (χ0n) is 17.3. The maximum Gasteiger partial charge on any atom is 0.337 e. The highest BCUT2D eigenvalue weighted by molar-refractivity contribution is 7.89. The Labute approximate surface area is 176 Å². The van der Waals surface area contributed by atoms with Gasteiger partial charge in [-0.25, -0.2) is 17.9 Å². The van der Waals surface area contributed by atoms with Crippen LogP contribution in [0.15, 0.2) is 47.4 Å². The fraction of sp³-hybridized carbons (Fsp3) is 0.333. The highest BCUT2D eigenvalue weighted by Gasteiger charge is 2.26. The Morgan fingerprint density at radius 2 is 1.83 bits per heavy atom. The summed E-state index contributed by atoms with van der Waals surface area (Å²) in [7, 11) is -1.38. The molecule has 1 N–H and O–H groups in total. The maximum atomic E-state index is 13.1. The molecule has 0 radical (unpaired) electrons. The van der Waals surface area contributed by atoms with Crippen molar-refractivity contribution >= 4 is 22.0 Å². The second kappa shape index (κ2) is 10.2. The highest BCUT2D eigenvalue weighted by Crippen LogP contribution is 2.26. The lowest BCUT2D eigenvalue weighted by Gasteiger charge is -2.20. The molecule has 8 nitrogen and oxygen atoms in total. The molecule has 2 rings (SSSR count). The van der Waals surface area contributed by atoms with Crippen LogP contribution in [-0.2, 0) is 24.3 Å². The van der Waals surface area contributed by atoms with E-state index in [2.05, 4.69) is 9.46 Å². The van der Waals surface area contributed by atoms with E-state index in [1.807, 2.05) is 0 Å². The molecule has 0 saturated carbocycles. The molecule has 0 aliphatic carbocycles. The molecule has 162 valence electrons. The minimum atomic E-state index is -4.09. The molecule has 0 amide bonds. The second-order valence-corrected chi connectivity index (χ2v) is 8.11. The van der Waals surface area contributed by atoms with Crippen LogP contribution >= 0.6 is 0 Å². The molecule has 0 aromatic heterocycles. The van der Waals surface area contributed by atoms with Gasteiger partial charge in [-0.3, -0.25) is 4.79 Å². The van der Waals surface area contributed by atoms with E-state index < -0.39 is 28.0 Å². The van der Waals surface area contributed by atoms with Gasteiger partial charge in [-0.15, -0.1) is 0 Å². The molecule has 0 saturated heterocycles. The summed E-state index contributed by atoms with van der Waals surface area (Å²) < 4.78 is 43.7. The lowest BCUT2D eigenvalue weighted by molar-refractivity contribution is -0.143. The molecule has 9 heteroatoms. The van der Waals surface area contributed by atoms with E-state index in [1.165, 1.54) is 32.4 Å². The predicted molar refractivity (Wildman–Crippen MR) is 110 cm³/mol. The van der Waals surface area contributed by atoms with Crippen LogP contribution in [0.3, 0.4) is 0 Å². The van der Waals surface area contributed by atoms with E-state index in [4.69, 9.17) is 9.47 Å². The number of hydrogen-bond donors (Lipinski definition) is 1. The average molecular weight is 435 g/mol.